The lowest BCUT2D eigenvalue weighted by molar-refractivity contribution is 0.353. The zero-order valence-electron chi connectivity index (χ0n) is 8.69. The molecule has 0 spiro atoms. The van der Waals surface area contributed by atoms with Crippen LogP contribution in [0, 0.1) is 0 Å². The molecule has 0 fully saturated rings. The minimum Gasteiger partial charge on any atom is -0.456 e. The van der Waals surface area contributed by atoms with Crippen LogP contribution in [0.1, 0.15) is 5.76 Å². The van der Waals surface area contributed by atoms with Gasteiger partial charge in [-0.15, -0.1) is 5.10 Å². The van der Waals surface area contributed by atoms with Gasteiger partial charge in [0.2, 0.25) is 5.95 Å². The highest BCUT2D eigenvalue weighted by molar-refractivity contribution is 5.48. The van der Waals surface area contributed by atoms with E-state index in [2.05, 4.69) is 15.2 Å². The number of anilines is 1. The lowest BCUT2D eigenvalue weighted by Gasteiger charge is -2.05. The number of nitrogens with two attached hydrogens (primary N) is 1. The summed E-state index contributed by atoms with van der Waals surface area (Å²) >= 11 is 0. The highest BCUT2D eigenvalue weighted by atomic mass is 16.3. The Morgan fingerprint density at radius 3 is 2.87 bits per heavy atom. The first-order chi connectivity index (χ1) is 7.15. The molecule has 0 amide bonds. The normalized spacial score (nSPS) is 11.1. The lowest BCUT2D eigenvalue weighted by Crippen LogP contribution is -2.09. The quantitative estimate of drug-likeness (QED) is 0.774. The van der Waals surface area contributed by atoms with Crippen molar-refractivity contribution in [3.8, 4) is 11.6 Å². The van der Waals surface area contributed by atoms with Crippen LogP contribution in [0.2, 0.25) is 0 Å². The Balaban J connectivity index is 2.20. The smallest absolute Gasteiger partial charge is 0.239 e. The largest absolute Gasteiger partial charge is 0.456 e. The van der Waals surface area contributed by atoms with E-state index in [4.69, 9.17) is 10.2 Å². The Morgan fingerprint density at radius 2 is 2.27 bits per heavy atom. The first-order valence-electron chi connectivity index (χ1n) is 4.57. The summed E-state index contributed by atoms with van der Waals surface area (Å²) < 4.78 is 5.56. The maximum absolute atomic E-state index is 5.56. The Labute approximate surface area is 87.1 Å². The van der Waals surface area contributed by atoms with Crippen molar-refractivity contribution in [3.63, 3.8) is 0 Å². The number of nitrogen functional groups attached to an aromatic ring is 1. The molecular formula is C9H13N5O. The molecule has 0 bridgehead atoms. The minimum atomic E-state index is 0.218. The third-order valence-corrected chi connectivity index (χ3v) is 1.87. The molecule has 6 heteroatoms. The third kappa shape index (κ3) is 2.16. The number of furan rings is 1. The molecular weight excluding hydrogens is 194 g/mol. The van der Waals surface area contributed by atoms with Crippen LogP contribution in [0.25, 0.3) is 11.6 Å². The standard InChI is InChI=1S/C9H13N5O/c1-14(2)5-6-3-4-7(15-6)8-11-9(10)13-12-8/h3-4H,5H2,1-2H3,(H3,10,11,12,13). The number of hydrogen-bond acceptors (Lipinski definition) is 5. The molecule has 0 aliphatic carbocycles. The Hall–Kier alpha value is -1.82. The molecule has 3 N–H and O–H groups in total. The van der Waals surface area contributed by atoms with Crippen molar-refractivity contribution >= 4 is 5.95 Å². The van der Waals surface area contributed by atoms with E-state index in [0.717, 1.165) is 12.3 Å². The van der Waals surface area contributed by atoms with E-state index in [1.165, 1.54) is 0 Å². The number of H-pyrrole nitrogens is 1. The van der Waals surface area contributed by atoms with Crippen LogP contribution < -0.4 is 5.73 Å². The zero-order chi connectivity index (χ0) is 10.8. The molecule has 80 valence electrons. The van der Waals surface area contributed by atoms with Crippen molar-refractivity contribution in [2.45, 2.75) is 6.54 Å². The van der Waals surface area contributed by atoms with Gasteiger partial charge in [0.05, 0.1) is 6.54 Å². The summed E-state index contributed by atoms with van der Waals surface area (Å²) in [7, 11) is 3.96. The first kappa shape index (κ1) is 9.72. The highest BCUT2D eigenvalue weighted by Crippen LogP contribution is 2.19. The molecule has 2 aromatic heterocycles. The topological polar surface area (TPSA) is 84.0 Å². The van der Waals surface area contributed by atoms with Crippen LogP contribution in [0.5, 0.6) is 0 Å². The van der Waals surface area contributed by atoms with Gasteiger partial charge in [0.25, 0.3) is 0 Å². The van der Waals surface area contributed by atoms with Gasteiger partial charge in [-0.3, -0.25) is 5.10 Å². The minimum absolute atomic E-state index is 0.218. The van der Waals surface area contributed by atoms with Crippen molar-refractivity contribution in [2.24, 2.45) is 0 Å². The summed E-state index contributed by atoms with van der Waals surface area (Å²) in [5, 5.41) is 6.43. The van der Waals surface area contributed by atoms with Crippen molar-refractivity contribution in [2.75, 3.05) is 19.8 Å². The van der Waals surface area contributed by atoms with Crippen LogP contribution in [0.4, 0.5) is 5.95 Å². The summed E-state index contributed by atoms with van der Waals surface area (Å²) in [6.07, 6.45) is 0. The number of aromatic nitrogens is 3. The molecule has 0 radical (unpaired) electrons. The molecule has 0 saturated heterocycles. The van der Waals surface area contributed by atoms with Gasteiger partial charge in [-0.25, -0.2) is 0 Å². The predicted octanol–water partition coefficient (Wildman–Crippen LogP) is 0.708. The van der Waals surface area contributed by atoms with Crippen LogP contribution in [0.3, 0.4) is 0 Å². The van der Waals surface area contributed by atoms with Crippen molar-refractivity contribution in [3.05, 3.63) is 17.9 Å². The molecule has 2 rings (SSSR count). The molecule has 0 aliphatic heterocycles. The second-order valence-electron chi connectivity index (χ2n) is 3.55. The van der Waals surface area contributed by atoms with Gasteiger partial charge in [0.1, 0.15) is 5.76 Å². The van der Waals surface area contributed by atoms with Gasteiger partial charge < -0.3 is 15.1 Å². The van der Waals surface area contributed by atoms with E-state index >= 15 is 0 Å². The molecule has 2 heterocycles. The molecule has 2 aromatic rings. The second kappa shape index (κ2) is 3.74. The molecule has 0 saturated carbocycles. The lowest BCUT2D eigenvalue weighted by atomic mass is 10.4. The molecule has 6 nitrogen and oxygen atoms in total. The monoisotopic (exact) mass is 207 g/mol. The highest BCUT2D eigenvalue weighted by Gasteiger charge is 2.08. The third-order valence-electron chi connectivity index (χ3n) is 1.87. The van der Waals surface area contributed by atoms with Gasteiger partial charge in [0.15, 0.2) is 11.6 Å². The van der Waals surface area contributed by atoms with Crippen molar-refractivity contribution in [1.82, 2.24) is 20.1 Å². The van der Waals surface area contributed by atoms with E-state index in [0.29, 0.717) is 11.6 Å². The van der Waals surface area contributed by atoms with Crippen molar-refractivity contribution < 1.29 is 4.42 Å². The Bertz CT molecular complexity index is 445. The average molecular weight is 207 g/mol. The predicted molar refractivity (Wildman–Crippen MR) is 55.9 cm³/mol. The summed E-state index contributed by atoms with van der Waals surface area (Å²) in [4.78, 5) is 6.00. The van der Waals surface area contributed by atoms with E-state index in [-0.39, 0.29) is 5.95 Å². The van der Waals surface area contributed by atoms with Gasteiger partial charge in [-0.2, -0.15) is 4.98 Å². The fraction of sp³-hybridized carbons (Fsp3) is 0.333. The number of aromatic amines is 1. The van der Waals surface area contributed by atoms with E-state index in [1.54, 1.807) is 0 Å². The molecule has 0 aliphatic rings. The number of rotatable bonds is 3. The van der Waals surface area contributed by atoms with Crippen LogP contribution in [0.15, 0.2) is 16.5 Å². The van der Waals surface area contributed by atoms with Crippen LogP contribution >= 0.6 is 0 Å². The van der Waals surface area contributed by atoms with Gasteiger partial charge in [0, 0.05) is 0 Å². The number of nitrogens with one attached hydrogen (secondary N) is 1. The summed E-state index contributed by atoms with van der Waals surface area (Å²) in [6.45, 7) is 0.754. The van der Waals surface area contributed by atoms with Crippen LogP contribution in [-0.4, -0.2) is 34.2 Å². The maximum atomic E-state index is 5.56. The van der Waals surface area contributed by atoms with Gasteiger partial charge in [-0.05, 0) is 26.2 Å². The molecule has 0 unspecified atom stereocenters. The van der Waals surface area contributed by atoms with Gasteiger partial charge in [-0.1, -0.05) is 0 Å². The first-order valence-corrected chi connectivity index (χ1v) is 4.57. The maximum Gasteiger partial charge on any atom is 0.239 e. The Morgan fingerprint density at radius 1 is 1.47 bits per heavy atom. The van der Waals surface area contributed by atoms with Crippen LogP contribution in [-0.2, 0) is 6.54 Å². The zero-order valence-corrected chi connectivity index (χ0v) is 8.69. The SMILES string of the molecule is CN(C)Cc1ccc(-c2nc(N)n[nH]2)o1. The summed E-state index contributed by atoms with van der Waals surface area (Å²) in [5.74, 6) is 2.30. The second-order valence-corrected chi connectivity index (χ2v) is 3.55. The fourth-order valence-electron chi connectivity index (χ4n) is 1.29. The van der Waals surface area contributed by atoms with Crippen molar-refractivity contribution in [1.29, 1.82) is 0 Å². The molecule has 15 heavy (non-hydrogen) atoms. The Kier molecular flexibility index (Phi) is 2.42. The average Bonchev–Trinajstić information content (AvgIpc) is 2.72. The van der Waals surface area contributed by atoms with E-state index in [1.807, 2.05) is 31.1 Å². The summed E-state index contributed by atoms with van der Waals surface area (Å²) in [6, 6.07) is 3.76. The number of nitrogens with zero attached hydrogens (tertiary/aromatic N) is 3. The number of hydrogen-bond donors (Lipinski definition) is 2. The molecule has 0 aromatic carbocycles. The van der Waals surface area contributed by atoms with E-state index < -0.39 is 0 Å². The van der Waals surface area contributed by atoms with Gasteiger partial charge >= 0.3 is 0 Å². The summed E-state index contributed by atoms with van der Waals surface area (Å²) in [5.41, 5.74) is 5.40. The fourth-order valence-corrected chi connectivity index (χ4v) is 1.29. The molecule has 0 atom stereocenters. The van der Waals surface area contributed by atoms with E-state index in [9.17, 15) is 0 Å².